The molecule has 0 unspecified atom stereocenters. The second kappa shape index (κ2) is 9.62. The van der Waals surface area contributed by atoms with Gasteiger partial charge in [0, 0.05) is 41.4 Å². The van der Waals surface area contributed by atoms with Crippen molar-refractivity contribution >= 4 is 40.6 Å². The van der Waals surface area contributed by atoms with Crippen molar-refractivity contribution < 1.29 is 4.79 Å². The van der Waals surface area contributed by atoms with Gasteiger partial charge in [0.1, 0.15) is 10.7 Å². The lowest BCUT2D eigenvalue weighted by molar-refractivity contribution is 0.0787. The number of hydrogen-bond donors (Lipinski definition) is 0. The number of halogens is 1. The number of aromatic nitrogens is 5. The number of carbonyl (C=O) groups is 1. The molecule has 0 bridgehead atoms. The highest BCUT2D eigenvalue weighted by molar-refractivity contribution is 7.98. The molecule has 0 atom stereocenters. The van der Waals surface area contributed by atoms with Gasteiger partial charge in [-0.2, -0.15) is 0 Å². The van der Waals surface area contributed by atoms with E-state index in [0.717, 1.165) is 52.9 Å². The van der Waals surface area contributed by atoms with Crippen LogP contribution in [0.25, 0.3) is 17.1 Å². The molecule has 10 heteroatoms. The van der Waals surface area contributed by atoms with Gasteiger partial charge in [0.2, 0.25) is 0 Å². The molecule has 1 saturated heterocycles. The topological polar surface area (TPSA) is 76.8 Å². The Morgan fingerprint density at radius 1 is 1.21 bits per heavy atom. The van der Waals surface area contributed by atoms with Crippen LogP contribution >= 0.6 is 34.7 Å². The van der Waals surface area contributed by atoms with Gasteiger partial charge in [0.15, 0.2) is 11.0 Å². The molecule has 0 aliphatic carbocycles. The molecule has 7 nitrogen and oxygen atoms in total. The fraction of sp³-hybridized carbons (Fsp3) is 0.261. The highest BCUT2D eigenvalue weighted by atomic mass is 35.5. The normalized spacial score (nSPS) is 13.6. The summed E-state index contributed by atoms with van der Waals surface area (Å²) in [4.78, 5) is 23.3. The van der Waals surface area contributed by atoms with Gasteiger partial charge >= 0.3 is 0 Å². The minimum absolute atomic E-state index is 0.0246. The van der Waals surface area contributed by atoms with Crippen molar-refractivity contribution in [2.75, 3.05) is 13.1 Å². The van der Waals surface area contributed by atoms with Crippen LogP contribution in [0.3, 0.4) is 0 Å². The first-order chi connectivity index (χ1) is 16.1. The zero-order valence-electron chi connectivity index (χ0n) is 17.9. The number of aryl methyl sites for hydroxylation is 1. The van der Waals surface area contributed by atoms with Gasteiger partial charge in [-0.1, -0.05) is 29.4 Å². The quantitative estimate of drug-likeness (QED) is 0.338. The Balaban J connectivity index is 1.44. The van der Waals surface area contributed by atoms with Gasteiger partial charge < -0.3 is 4.90 Å². The molecule has 168 valence electrons. The van der Waals surface area contributed by atoms with E-state index in [1.54, 1.807) is 12.4 Å². The van der Waals surface area contributed by atoms with Crippen molar-refractivity contribution in [3.63, 3.8) is 0 Å². The summed E-state index contributed by atoms with van der Waals surface area (Å²) in [5.41, 5.74) is 3.36. The highest BCUT2D eigenvalue weighted by Crippen LogP contribution is 2.32. The van der Waals surface area contributed by atoms with Gasteiger partial charge in [-0.15, -0.1) is 21.5 Å². The smallest absolute Gasteiger partial charge is 0.273 e. The monoisotopic (exact) mass is 496 g/mol. The number of benzene rings is 1. The van der Waals surface area contributed by atoms with Crippen LogP contribution in [-0.4, -0.2) is 48.6 Å². The van der Waals surface area contributed by atoms with Crippen LogP contribution in [-0.2, 0) is 5.75 Å². The Morgan fingerprint density at radius 2 is 2.06 bits per heavy atom. The standard InChI is InChI=1S/C23H21ClN6OS2/c1-15-6-7-17(24)11-19(15)30-21(16-5-4-8-25-12-16)27-28-23(30)33-14-20-26-18(13-32-20)22(31)29-9-2-3-10-29/h4-8,11-13H,2-3,9-10,14H2,1H3. The van der Waals surface area contributed by atoms with Gasteiger partial charge in [0.05, 0.1) is 11.4 Å². The molecule has 4 aromatic rings. The van der Waals surface area contributed by atoms with Crippen LogP contribution in [0.15, 0.2) is 53.3 Å². The van der Waals surface area contributed by atoms with E-state index in [9.17, 15) is 4.79 Å². The number of thiazole rings is 1. The summed E-state index contributed by atoms with van der Waals surface area (Å²) >= 11 is 9.36. The number of likely N-dealkylation sites (tertiary alicyclic amines) is 1. The van der Waals surface area contributed by atoms with E-state index in [2.05, 4.69) is 20.2 Å². The average molecular weight is 497 g/mol. The number of amides is 1. The van der Waals surface area contributed by atoms with Gasteiger partial charge in [0.25, 0.3) is 5.91 Å². The lowest BCUT2D eigenvalue weighted by atomic mass is 10.2. The Bertz CT molecular complexity index is 1280. The van der Waals surface area contributed by atoms with E-state index in [1.165, 1.54) is 23.1 Å². The molecule has 1 fully saturated rings. The number of rotatable bonds is 6. The van der Waals surface area contributed by atoms with E-state index >= 15 is 0 Å². The summed E-state index contributed by atoms with van der Waals surface area (Å²) in [6.07, 6.45) is 5.63. The van der Waals surface area contributed by atoms with Crippen molar-refractivity contribution in [1.82, 2.24) is 29.6 Å². The Labute approximate surface area is 204 Å². The number of thioether (sulfide) groups is 1. The summed E-state index contributed by atoms with van der Waals surface area (Å²) in [5, 5.41) is 13.0. The van der Waals surface area contributed by atoms with Crippen molar-refractivity contribution in [3.05, 3.63) is 69.4 Å². The highest BCUT2D eigenvalue weighted by Gasteiger charge is 2.22. The third kappa shape index (κ3) is 4.66. The van der Waals surface area contributed by atoms with Gasteiger partial charge in [-0.3, -0.25) is 14.3 Å². The lowest BCUT2D eigenvalue weighted by Gasteiger charge is -2.13. The van der Waals surface area contributed by atoms with E-state index in [0.29, 0.717) is 22.3 Å². The summed E-state index contributed by atoms with van der Waals surface area (Å²) in [6.45, 7) is 3.67. The first-order valence-electron chi connectivity index (χ1n) is 10.6. The van der Waals surface area contributed by atoms with Crippen molar-refractivity contribution in [2.45, 2.75) is 30.7 Å². The molecule has 1 aromatic carbocycles. The molecule has 1 aliphatic rings. The van der Waals surface area contributed by atoms with Crippen molar-refractivity contribution in [1.29, 1.82) is 0 Å². The zero-order chi connectivity index (χ0) is 22.8. The number of hydrogen-bond acceptors (Lipinski definition) is 7. The van der Waals surface area contributed by atoms with Crippen LogP contribution in [0.2, 0.25) is 5.02 Å². The van der Waals surface area contributed by atoms with E-state index in [-0.39, 0.29) is 5.91 Å². The minimum Gasteiger partial charge on any atom is -0.337 e. The first kappa shape index (κ1) is 22.1. The third-order valence-electron chi connectivity index (χ3n) is 5.45. The van der Waals surface area contributed by atoms with Crippen molar-refractivity contribution in [3.8, 4) is 17.1 Å². The summed E-state index contributed by atoms with van der Waals surface area (Å²) < 4.78 is 2.01. The van der Waals surface area contributed by atoms with E-state index in [4.69, 9.17) is 11.6 Å². The SMILES string of the molecule is Cc1ccc(Cl)cc1-n1c(SCc2nc(C(=O)N3CCCC3)cs2)nnc1-c1cccnc1. The largest absolute Gasteiger partial charge is 0.337 e. The predicted octanol–water partition coefficient (Wildman–Crippen LogP) is 5.28. The molecule has 5 rings (SSSR count). The number of nitrogens with zero attached hydrogens (tertiary/aromatic N) is 6. The lowest BCUT2D eigenvalue weighted by Crippen LogP contribution is -2.27. The number of carbonyl (C=O) groups excluding carboxylic acids is 1. The predicted molar refractivity (Wildman–Crippen MR) is 131 cm³/mol. The Hall–Kier alpha value is -2.75. The van der Waals surface area contributed by atoms with E-state index < -0.39 is 0 Å². The van der Waals surface area contributed by atoms with Gasteiger partial charge in [-0.05, 0) is 49.6 Å². The first-order valence-corrected chi connectivity index (χ1v) is 12.8. The third-order valence-corrected chi connectivity index (χ3v) is 7.66. The Morgan fingerprint density at radius 3 is 2.85 bits per heavy atom. The minimum atomic E-state index is 0.0246. The molecule has 4 heterocycles. The molecule has 1 aliphatic heterocycles. The van der Waals surface area contributed by atoms with Crippen LogP contribution < -0.4 is 0 Å². The molecular weight excluding hydrogens is 476 g/mol. The summed E-state index contributed by atoms with van der Waals surface area (Å²) in [5.74, 6) is 1.31. The fourth-order valence-corrected chi connectivity index (χ4v) is 5.67. The maximum absolute atomic E-state index is 12.6. The molecule has 3 aromatic heterocycles. The molecule has 0 saturated carbocycles. The van der Waals surface area contributed by atoms with Crippen LogP contribution in [0.5, 0.6) is 0 Å². The summed E-state index contributed by atoms with van der Waals surface area (Å²) in [6, 6.07) is 9.60. The average Bonchev–Trinajstić information content (AvgIpc) is 3.60. The summed E-state index contributed by atoms with van der Waals surface area (Å²) in [7, 11) is 0. The maximum atomic E-state index is 12.6. The Kier molecular flexibility index (Phi) is 6.43. The molecule has 33 heavy (non-hydrogen) atoms. The maximum Gasteiger partial charge on any atom is 0.273 e. The van der Waals surface area contributed by atoms with Crippen LogP contribution in [0.4, 0.5) is 0 Å². The second-order valence-corrected chi connectivity index (χ2v) is 10.1. The molecule has 0 radical (unpaired) electrons. The molecule has 1 amide bonds. The van der Waals surface area contributed by atoms with Crippen LogP contribution in [0.1, 0.15) is 33.9 Å². The second-order valence-electron chi connectivity index (χ2n) is 7.73. The number of pyridine rings is 1. The van der Waals surface area contributed by atoms with Gasteiger partial charge in [-0.25, -0.2) is 4.98 Å². The fourth-order valence-electron chi connectivity index (χ4n) is 3.77. The van der Waals surface area contributed by atoms with Crippen LogP contribution in [0, 0.1) is 6.92 Å². The molecular formula is C23H21ClN6OS2. The molecule has 0 N–H and O–H groups in total. The van der Waals surface area contributed by atoms with E-state index in [1.807, 2.05) is 52.1 Å². The van der Waals surface area contributed by atoms with Crippen molar-refractivity contribution in [2.24, 2.45) is 0 Å². The molecule has 0 spiro atoms. The zero-order valence-corrected chi connectivity index (χ0v) is 20.3.